The lowest BCUT2D eigenvalue weighted by atomic mass is 10.2. The molecule has 2 N–H and O–H groups in total. The number of hydrogen-bond acceptors (Lipinski definition) is 4. The van der Waals surface area contributed by atoms with Crippen molar-refractivity contribution >= 4 is 5.69 Å². The minimum absolute atomic E-state index is 0.0350. The minimum Gasteiger partial charge on any atom is -0.437 e. The molecule has 0 aliphatic carbocycles. The highest BCUT2D eigenvalue weighted by Crippen LogP contribution is 2.26. The predicted octanol–water partition coefficient (Wildman–Crippen LogP) is 2.78. The highest BCUT2D eigenvalue weighted by Gasteiger charge is 2.07. The van der Waals surface area contributed by atoms with Gasteiger partial charge in [0.1, 0.15) is 17.6 Å². The maximum absolute atomic E-state index is 13.4. The van der Waals surface area contributed by atoms with Crippen molar-refractivity contribution < 1.29 is 9.13 Å². The third-order valence-corrected chi connectivity index (χ3v) is 2.29. The van der Waals surface area contributed by atoms with Gasteiger partial charge >= 0.3 is 0 Å². The van der Waals surface area contributed by atoms with E-state index in [2.05, 4.69) is 4.98 Å². The van der Waals surface area contributed by atoms with Gasteiger partial charge in [-0.2, -0.15) is 5.26 Å². The summed E-state index contributed by atoms with van der Waals surface area (Å²) in [6, 6.07) is 7.40. The number of halogens is 1. The number of aromatic nitrogens is 1. The zero-order valence-corrected chi connectivity index (χ0v) is 9.64. The molecule has 0 unspecified atom stereocenters. The third kappa shape index (κ3) is 2.38. The molecule has 0 atom stereocenters. The van der Waals surface area contributed by atoms with Gasteiger partial charge in [-0.3, -0.25) is 0 Å². The molecule has 1 aromatic carbocycles. The van der Waals surface area contributed by atoms with E-state index in [0.717, 1.165) is 11.6 Å². The number of nitrogens with two attached hydrogens (primary N) is 1. The minimum atomic E-state index is -0.638. The van der Waals surface area contributed by atoms with Crippen molar-refractivity contribution in [2.75, 3.05) is 5.73 Å². The Labute approximate surface area is 103 Å². The lowest BCUT2D eigenvalue weighted by Gasteiger charge is -2.08. The van der Waals surface area contributed by atoms with Gasteiger partial charge in [-0.15, -0.1) is 0 Å². The first-order valence-electron chi connectivity index (χ1n) is 5.20. The highest BCUT2D eigenvalue weighted by molar-refractivity contribution is 5.51. The number of pyridine rings is 1. The first-order chi connectivity index (χ1) is 8.60. The Morgan fingerprint density at radius 1 is 1.39 bits per heavy atom. The SMILES string of the molecule is Cc1cnc(Oc2ccc(C#N)c(F)c2)c(N)c1. The van der Waals surface area contributed by atoms with Crippen LogP contribution in [-0.4, -0.2) is 4.98 Å². The maximum atomic E-state index is 13.4. The molecule has 18 heavy (non-hydrogen) atoms. The Bertz CT molecular complexity index is 635. The Hall–Kier alpha value is -2.61. The fourth-order valence-electron chi connectivity index (χ4n) is 1.43. The number of nitriles is 1. The van der Waals surface area contributed by atoms with Crippen molar-refractivity contribution in [3.05, 3.63) is 47.4 Å². The molecule has 2 rings (SSSR count). The van der Waals surface area contributed by atoms with Crippen LogP contribution in [0, 0.1) is 24.1 Å². The molecule has 0 bridgehead atoms. The van der Waals surface area contributed by atoms with Gasteiger partial charge in [-0.25, -0.2) is 9.37 Å². The van der Waals surface area contributed by atoms with Crippen LogP contribution in [0.25, 0.3) is 0 Å². The van der Waals surface area contributed by atoms with Crippen LogP contribution >= 0.6 is 0 Å². The van der Waals surface area contributed by atoms with Crippen LogP contribution in [0.5, 0.6) is 11.6 Å². The van der Waals surface area contributed by atoms with E-state index >= 15 is 0 Å². The van der Waals surface area contributed by atoms with E-state index in [1.165, 1.54) is 12.1 Å². The first kappa shape index (κ1) is 11.9. The molecular formula is C13H10FN3O. The number of ether oxygens (including phenoxy) is 1. The summed E-state index contributed by atoms with van der Waals surface area (Å²) < 4.78 is 18.7. The van der Waals surface area contributed by atoms with Crippen molar-refractivity contribution in [1.82, 2.24) is 4.98 Å². The molecular weight excluding hydrogens is 233 g/mol. The number of rotatable bonds is 2. The summed E-state index contributed by atoms with van der Waals surface area (Å²) in [4.78, 5) is 4.01. The molecule has 90 valence electrons. The van der Waals surface area contributed by atoms with Crippen molar-refractivity contribution in [3.8, 4) is 17.7 Å². The van der Waals surface area contributed by atoms with Crippen LogP contribution in [0.2, 0.25) is 0 Å². The molecule has 5 heteroatoms. The number of nitrogens with zero attached hydrogens (tertiary/aromatic N) is 2. The largest absolute Gasteiger partial charge is 0.437 e. The van der Waals surface area contributed by atoms with Crippen LogP contribution in [0.15, 0.2) is 30.5 Å². The average Bonchev–Trinajstić information content (AvgIpc) is 2.33. The maximum Gasteiger partial charge on any atom is 0.242 e. The first-order valence-corrected chi connectivity index (χ1v) is 5.20. The summed E-state index contributed by atoms with van der Waals surface area (Å²) in [7, 11) is 0. The summed E-state index contributed by atoms with van der Waals surface area (Å²) in [5, 5.41) is 8.61. The topological polar surface area (TPSA) is 71.9 Å². The lowest BCUT2D eigenvalue weighted by molar-refractivity contribution is 0.460. The van der Waals surface area contributed by atoms with Crippen LogP contribution in [0.1, 0.15) is 11.1 Å². The van der Waals surface area contributed by atoms with Crippen LogP contribution in [0.4, 0.5) is 10.1 Å². The normalized spacial score (nSPS) is 9.83. The second-order valence-electron chi connectivity index (χ2n) is 3.76. The van der Waals surface area contributed by atoms with Crippen LogP contribution in [-0.2, 0) is 0 Å². The van der Waals surface area contributed by atoms with Crippen molar-refractivity contribution in [2.24, 2.45) is 0 Å². The van der Waals surface area contributed by atoms with Crippen molar-refractivity contribution in [2.45, 2.75) is 6.92 Å². The Kier molecular flexibility index (Phi) is 3.11. The van der Waals surface area contributed by atoms with Crippen molar-refractivity contribution in [1.29, 1.82) is 5.26 Å². The summed E-state index contributed by atoms with van der Waals surface area (Å²) in [5.41, 5.74) is 6.98. The van der Waals surface area contributed by atoms with E-state index in [1.54, 1.807) is 18.3 Å². The van der Waals surface area contributed by atoms with E-state index in [4.69, 9.17) is 15.7 Å². The zero-order valence-electron chi connectivity index (χ0n) is 9.64. The average molecular weight is 243 g/mol. The molecule has 2 aromatic rings. The van der Waals surface area contributed by atoms with Gasteiger partial charge in [0.15, 0.2) is 0 Å². The molecule has 0 amide bonds. The second-order valence-corrected chi connectivity index (χ2v) is 3.76. The number of nitrogen functional groups attached to an aromatic ring is 1. The van der Waals surface area contributed by atoms with Crippen molar-refractivity contribution in [3.63, 3.8) is 0 Å². The monoisotopic (exact) mass is 243 g/mol. The van der Waals surface area contributed by atoms with Crippen LogP contribution < -0.4 is 10.5 Å². The number of anilines is 1. The summed E-state index contributed by atoms with van der Waals surface area (Å²) in [6.45, 7) is 1.86. The fraction of sp³-hybridized carbons (Fsp3) is 0.0769. The van der Waals surface area contributed by atoms with Gasteiger partial charge < -0.3 is 10.5 Å². The molecule has 1 aromatic heterocycles. The number of hydrogen-bond donors (Lipinski definition) is 1. The molecule has 0 fully saturated rings. The molecule has 0 saturated heterocycles. The summed E-state index contributed by atoms with van der Waals surface area (Å²) >= 11 is 0. The van der Waals surface area contributed by atoms with E-state index in [1.807, 2.05) is 6.92 Å². The Morgan fingerprint density at radius 2 is 2.17 bits per heavy atom. The molecule has 0 spiro atoms. The molecule has 0 radical (unpaired) electrons. The van der Waals surface area contributed by atoms with Gasteiger partial charge in [-0.05, 0) is 30.7 Å². The Morgan fingerprint density at radius 3 is 2.78 bits per heavy atom. The summed E-state index contributed by atoms with van der Waals surface area (Å²) in [6.07, 6.45) is 1.60. The van der Waals surface area contributed by atoms with E-state index in [0.29, 0.717) is 5.69 Å². The van der Waals surface area contributed by atoms with Gasteiger partial charge in [0.25, 0.3) is 0 Å². The highest BCUT2D eigenvalue weighted by atomic mass is 19.1. The predicted molar refractivity (Wildman–Crippen MR) is 64.6 cm³/mol. The van der Waals surface area contributed by atoms with Gasteiger partial charge in [0.05, 0.1) is 11.3 Å². The summed E-state index contributed by atoms with van der Waals surface area (Å²) in [5.74, 6) is -0.181. The Balaban J connectivity index is 2.29. The second kappa shape index (κ2) is 4.72. The van der Waals surface area contributed by atoms with E-state index in [9.17, 15) is 4.39 Å². The third-order valence-electron chi connectivity index (χ3n) is 2.29. The molecule has 4 nitrogen and oxygen atoms in total. The van der Waals surface area contributed by atoms with E-state index < -0.39 is 5.82 Å². The molecule has 0 aliphatic heterocycles. The smallest absolute Gasteiger partial charge is 0.242 e. The lowest BCUT2D eigenvalue weighted by Crippen LogP contribution is -1.96. The fourth-order valence-corrected chi connectivity index (χ4v) is 1.43. The quantitative estimate of drug-likeness (QED) is 0.880. The van der Waals surface area contributed by atoms with Gasteiger partial charge in [0.2, 0.25) is 5.88 Å². The standard InChI is InChI=1S/C13H10FN3O/c1-8-4-12(16)13(17-7-8)18-10-3-2-9(6-15)11(14)5-10/h2-5,7H,16H2,1H3. The number of aryl methyl sites for hydroxylation is 1. The zero-order chi connectivity index (χ0) is 13.1. The molecule has 1 heterocycles. The number of benzene rings is 1. The van der Waals surface area contributed by atoms with Gasteiger partial charge in [0, 0.05) is 12.3 Å². The van der Waals surface area contributed by atoms with Gasteiger partial charge in [-0.1, -0.05) is 0 Å². The molecule has 0 aliphatic rings. The van der Waals surface area contributed by atoms with E-state index in [-0.39, 0.29) is 17.2 Å². The molecule has 0 saturated carbocycles. The van der Waals surface area contributed by atoms with Crippen LogP contribution in [0.3, 0.4) is 0 Å².